The van der Waals surface area contributed by atoms with E-state index in [4.69, 9.17) is 0 Å². The molecule has 6 heteroatoms. The Morgan fingerprint density at radius 3 is 2.10 bits per heavy atom. The Morgan fingerprint density at radius 1 is 0.833 bits per heavy atom. The van der Waals surface area contributed by atoms with Crippen molar-refractivity contribution in [3.63, 3.8) is 0 Å². The molecule has 2 aromatic heterocycles. The Labute approximate surface area is 181 Å². The number of hydrogen-bond acceptors (Lipinski definition) is 3. The maximum Gasteiger partial charge on any atom is 0.426 e. The number of benzene rings is 2. The van der Waals surface area contributed by atoms with Crippen molar-refractivity contribution in [3.8, 4) is 32.3 Å². The van der Waals surface area contributed by atoms with Gasteiger partial charge in [-0.05, 0) is 22.6 Å². The summed E-state index contributed by atoms with van der Waals surface area (Å²) in [6.45, 7) is 6.47. The molecule has 0 saturated heterocycles. The quantitative estimate of drug-likeness (QED) is 0.309. The molecule has 0 radical (unpaired) electrons. The van der Waals surface area contributed by atoms with Crippen LogP contribution in [-0.4, -0.2) is 4.98 Å². The SMILES string of the molecule is CC(C)(C)c1ccc(-c2nc(-c3cc(-c4ccccc4)c(C(F)(F)F)s3)cs2)cc1. The molecule has 2 heterocycles. The number of thiazole rings is 1. The number of rotatable bonds is 3. The second kappa shape index (κ2) is 7.67. The van der Waals surface area contributed by atoms with Crippen molar-refractivity contribution >= 4 is 22.7 Å². The highest BCUT2D eigenvalue weighted by atomic mass is 32.1. The number of nitrogens with zero attached hydrogens (tertiary/aromatic N) is 1. The van der Waals surface area contributed by atoms with Crippen LogP contribution in [0.25, 0.3) is 32.3 Å². The molecule has 0 N–H and O–H groups in total. The monoisotopic (exact) mass is 443 g/mol. The highest BCUT2D eigenvalue weighted by molar-refractivity contribution is 7.17. The summed E-state index contributed by atoms with van der Waals surface area (Å²) in [5.74, 6) is 0. The standard InChI is InChI=1S/C24H20F3NS2/c1-23(2,3)17-11-9-16(10-12-17)22-28-19(14-29-22)20-13-18(15-7-5-4-6-8-15)21(30-20)24(25,26)27/h4-14H,1-3H3. The fourth-order valence-electron chi connectivity index (χ4n) is 3.19. The lowest BCUT2D eigenvalue weighted by Crippen LogP contribution is -2.10. The highest BCUT2D eigenvalue weighted by Gasteiger charge is 2.36. The van der Waals surface area contributed by atoms with E-state index in [0.29, 0.717) is 16.1 Å². The molecule has 30 heavy (non-hydrogen) atoms. The van der Waals surface area contributed by atoms with Gasteiger partial charge in [0, 0.05) is 16.5 Å². The van der Waals surface area contributed by atoms with Crippen LogP contribution >= 0.6 is 22.7 Å². The van der Waals surface area contributed by atoms with Crippen molar-refractivity contribution in [2.45, 2.75) is 32.4 Å². The first-order chi connectivity index (χ1) is 14.1. The van der Waals surface area contributed by atoms with Crippen molar-refractivity contribution < 1.29 is 13.2 Å². The van der Waals surface area contributed by atoms with Gasteiger partial charge in [-0.2, -0.15) is 13.2 Å². The first kappa shape index (κ1) is 20.8. The Bertz CT molecular complexity index is 1150. The molecule has 0 aliphatic carbocycles. The average molecular weight is 444 g/mol. The number of halogens is 3. The van der Waals surface area contributed by atoms with E-state index in [9.17, 15) is 13.2 Å². The average Bonchev–Trinajstić information content (AvgIpc) is 3.35. The summed E-state index contributed by atoms with van der Waals surface area (Å²) in [6.07, 6.45) is -4.41. The Kier molecular flexibility index (Phi) is 5.32. The highest BCUT2D eigenvalue weighted by Crippen LogP contribution is 2.46. The van der Waals surface area contributed by atoms with Crippen LogP contribution in [0.3, 0.4) is 0 Å². The molecule has 0 unspecified atom stereocenters. The van der Waals surface area contributed by atoms with E-state index in [-0.39, 0.29) is 11.0 Å². The fraction of sp³-hybridized carbons (Fsp3) is 0.208. The second-order valence-electron chi connectivity index (χ2n) is 8.08. The number of hydrogen-bond donors (Lipinski definition) is 0. The van der Waals surface area contributed by atoms with Crippen molar-refractivity contribution in [2.75, 3.05) is 0 Å². The van der Waals surface area contributed by atoms with Crippen molar-refractivity contribution in [1.82, 2.24) is 4.98 Å². The van der Waals surface area contributed by atoms with Crippen LogP contribution in [0, 0.1) is 0 Å². The molecule has 0 amide bonds. The van der Waals surface area contributed by atoms with Gasteiger partial charge in [-0.1, -0.05) is 75.4 Å². The molecule has 4 rings (SSSR count). The maximum atomic E-state index is 13.7. The van der Waals surface area contributed by atoms with Crippen LogP contribution in [0.5, 0.6) is 0 Å². The van der Waals surface area contributed by atoms with Gasteiger partial charge >= 0.3 is 6.18 Å². The smallest absolute Gasteiger partial charge is 0.235 e. The number of thiophene rings is 1. The Morgan fingerprint density at radius 2 is 1.50 bits per heavy atom. The fourth-order valence-corrected chi connectivity index (χ4v) is 5.10. The molecule has 2 aromatic carbocycles. The molecule has 0 bridgehead atoms. The summed E-state index contributed by atoms with van der Waals surface area (Å²) in [6, 6.07) is 18.5. The zero-order valence-electron chi connectivity index (χ0n) is 16.7. The summed E-state index contributed by atoms with van der Waals surface area (Å²) >= 11 is 2.19. The Balaban J connectivity index is 1.71. The van der Waals surface area contributed by atoms with Crippen LogP contribution < -0.4 is 0 Å². The number of aromatic nitrogens is 1. The predicted octanol–water partition coefficient (Wildman–Crippen LogP) is 8.52. The van der Waals surface area contributed by atoms with E-state index in [1.807, 2.05) is 17.5 Å². The van der Waals surface area contributed by atoms with Crippen molar-refractivity contribution in [3.05, 3.63) is 76.5 Å². The van der Waals surface area contributed by atoms with Gasteiger partial charge in [0.1, 0.15) is 9.88 Å². The maximum absolute atomic E-state index is 13.7. The van der Waals surface area contributed by atoms with Gasteiger partial charge in [-0.15, -0.1) is 22.7 Å². The van der Waals surface area contributed by atoms with Crippen molar-refractivity contribution in [1.29, 1.82) is 0 Å². The zero-order valence-corrected chi connectivity index (χ0v) is 18.4. The summed E-state index contributed by atoms with van der Waals surface area (Å²) in [4.78, 5) is 4.57. The summed E-state index contributed by atoms with van der Waals surface area (Å²) < 4.78 is 41.0. The van der Waals surface area contributed by atoms with Crippen LogP contribution in [-0.2, 0) is 11.6 Å². The lowest BCUT2D eigenvalue weighted by molar-refractivity contribution is -0.133. The topological polar surface area (TPSA) is 12.9 Å². The molecule has 0 fully saturated rings. The van der Waals surface area contributed by atoms with Crippen LogP contribution in [0.1, 0.15) is 31.2 Å². The Hall–Kier alpha value is -2.44. The van der Waals surface area contributed by atoms with E-state index in [1.165, 1.54) is 16.9 Å². The van der Waals surface area contributed by atoms with E-state index in [1.54, 1.807) is 36.4 Å². The van der Waals surface area contributed by atoms with Gasteiger partial charge in [-0.25, -0.2) is 4.98 Å². The van der Waals surface area contributed by atoms with Gasteiger partial charge in [0.25, 0.3) is 0 Å². The third kappa shape index (κ3) is 4.20. The molecule has 0 spiro atoms. The molecular formula is C24H20F3NS2. The zero-order chi connectivity index (χ0) is 21.5. The summed E-state index contributed by atoms with van der Waals surface area (Å²) in [5.41, 5.74) is 3.59. The van der Waals surface area contributed by atoms with E-state index in [2.05, 4.69) is 37.9 Å². The van der Waals surface area contributed by atoms with E-state index < -0.39 is 11.1 Å². The number of alkyl halides is 3. The van der Waals surface area contributed by atoms with Gasteiger partial charge in [-0.3, -0.25) is 0 Å². The second-order valence-corrected chi connectivity index (χ2v) is 9.99. The molecule has 0 aliphatic rings. The minimum Gasteiger partial charge on any atom is -0.235 e. The molecule has 0 saturated carbocycles. The van der Waals surface area contributed by atoms with Gasteiger partial charge in [0.15, 0.2) is 0 Å². The third-order valence-electron chi connectivity index (χ3n) is 4.83. The minimum atomic E-state index is -4.41. The summed E-state index contributed by atoms with van der Waals surface area (Å²) in [7, 11) is 0. The van der Waals surface area contributed by atoms with Crippen LogP contribution in [0.4, 0.5) is 13.2 Å². The van der Waals surface area contributed by atoms with Crippen LogP contribution in [0.15, 0.2) is 66.0 Å². The van der Waals surface area contributed by atoms with Gasteiger partial charge in [0.05, 0.1) is 10.6 Å². The lowest BCUT2D eigenvalue weighted by Gasteiger charge is -2.18. The molecule has 4 aromatic rings. The first-order valence-corrected chi connectivity index (χ1v) is 11.2. The van der Waals surface area contributed by atoms with Gasteiger partial charge < -0.3 is 0 Å². The molecule has 1 nitrogen and oxygen atoms in total. The molecular weight excluding hydrogens is 423 g/mol. The van der Waals surface area contributed by atoms with Crippen molar-refractivity contribution in [2.24, 2.45) is 0 Å². The minimum absolute atomic E-state index is 0.0609. The third-order valence-corrected chi connectivity index (χ3v) is 6.92. The molecule has 154 valence electrons. The van der Waals surface area contributed by atoms with E-state index in [0.717, 1.165) is 21.9 Å². The van der Waals surface area contributed by atoms with E-state index >= 15 is 0 Å². The largest absolute Gasteiger partial charge is 0.426 e. The lowest BCUT2D eigenvalue weighted by atomic mass is 9.87. The summed E-state index contributed by atoms with van der Waals surface area (Å²) in [5, 5.41) is 2.63. The van der Waals surface area contributed by atoms with Gasteiger partial charge in [0.2, 0.25) is 0 Å². The first-order valence-electron chi connectivity index (χ1n) is 9.46. The predicted molar refractivity (Wildman–Crippen MR) is 120 cm³/mol. The molecule has 0 atom stereocenters. The molecule has 0 aliphatic heterocycles. The normalized spacial score (nSPS) is 12.3. The van der Waals surface area contributed by atoms with Crippen LogP contribution in [0.2, 0.25) is 0 Å².